The maximum Gasteiger partial charge on any atom is 0.0637 e. The Bertz CT molecular complexity index is 90.7. The summed E-state index contributed by atoms with van der Waals surface area (Å²) in [5, 5.41) is 4.64. The third kappa shape index (κ3) is 1.44. The molecule has 0 spiro atoms. The van der Waals surface area contributed by atoms with E-state index >= 15 is 0 Å². The molecular weight excluding hydrogens is 118 g/mol. The smallest absolute Gasteiger partial charge is 0.0637 e. The average molecular weight is 129 g/mol. The second-order valence-corrected chi connectivity index (χ2v) is 2.92. The summed E-state index contributed by atoms with van der Waals surface area (Å²) >= 11 is 1.91. The van der Waals surface area contributed by atoms with Gasteiger partial charge in [0.1, 0.15) is 0 Å². The highest BCUT2D eigenvalue weighted by atomic mass is 32.2. The second kappa shape index (κ2) is 3.02. The monoisotopic (exact) mass is 129 g/mol. The Morgan fingerprint density at radius 1 is 1.75 bits per heavy atom. The van der Waals surface area contributed by atoms with Crippen molar-refractivity contribution in [2.75, 3.05) is 12.3 Å². The maximum absolute atomic E-state index is 3.29. The number of rotatable bonds is 0. The zero-order valence-electron chi connectivity index (χ0n) is 5.11. The molecule has 1 N–H and O–H groups in total. The first-order valence-electron chi connectivity index (χ1n) is 2.96. The zero-order chi connectivity index (χ0) is 5.82. The van der Waals surface area contributed by atoms with Crippen molar-refractivity contribution >= 4 is 11.8 Å². The second-order valence-electron chi connectivity index (χ2n) is 1.78. The fraction of sp³-hybridized carbons (Fsp3) is 0.667. The summed E-state index contributed by atoms with van der Waals surface area (Å²) in [5.41, 5.74) is 0. The van der Waals surface area contributed by atoms with E-state index in [1.807, 2.05) is 11.8 Å². The lowest BCUT2D eigenvalue weighted by molar-refractivity contribution is 0.787. The van der Waals surface area contributed by atoms with Gasteiger partial charge in [-0.1, -0.05) is 6.08 Å². The van der Waals surface area contributed by atoms with Gasteiger partial charge in [0.15, 0.2) is 0 Å². The molecule has 1 saturated heterocycles. The molecule has 0 radical (unpaired) electrons. The van der Waals surface area contributed by atoms with Crippen LogP contribution in [0, 0.1) is 0 Å². The molecule has 0 unspecified atom stereocenters. The molecule has 46 valence electrons. The molecule has 0 amide bonds. The normalized spacial score (nSPS) is 25.4. The lowest BCUT2D eigenvalue weighted by Crippen LogP contribution is -2.18. The average Bonchev–Trinajstić information content (AvgIpc) is 1.90. The molecule has 8 heavy (non-hydrogen) atoms. The van der Waals surface area contributed by atoms with Gasteiger partial charge in [0, 0.05) is 12.3 Å². The van der Waals surface area contributed by atoms with Crippen LogP contribution in [0.2, 0.25) is 0 Å². The van der Waals surface area contributed by atoms with E-state index < -0.39 is 0 Å². The molecule has 2 heteroatoms. The molecule has 0 aromatic rings. The molecule has 0 atom stereocenters. The van der Waals surface area contributed by atoms with Crippen molar-refractivity contribution in [3.05, 3.63) is 11.1 Å². The summed E-state index contributed by atoms with van der Waals surface area (Å²) < 4.78 is 0. The first-order chi connectivity index (χ1) is 3.93. The van der Waals surface area contributed by atoms with Gasteiger partial charge in [0.05, 0.1) is 5.03 Å². The molecular formula is C6H11NS. The number of hydrogen-bond acceptors (Lipinski definition) is 2. The highest BCUT2D eigenvalue weighted by Crippen LogP contribution is 2.16. The van der Waals surface area contributed by atoms with Crippen LogP contribution in [0.15, 0.2) is 11.1 Å². The predicted octanol–water partition coefficient (Wildman–Crippen LogP) is 1.57. The predicted molar refractivity (Wildman–Crippen MR) is 38.8 cm³/mol. The molecule has 0 aliphatic carbocycles. The first-order valence-corrected chi connectivity index (χ1v) is 3.95. The molecule has 0 aromatic heterocycles. The molecule has 1 aliphatic heterocycles. The molecule has 1 nitrogen and oxygen atoms in total. The molecule has 1 heterocycles. The number of allylic oxidation sites excluding steroid dienone is 1. The Balaban J connectivity index is 2.33. The molecule has 0 aromatic carbocycles. The van der Waals surface area contributed by atoms with E-state index in [4.69, 9.17) is 0 Å². The van der Waals surface area contributed by atoms with E-state index in [1.165, 1.54) is 17.2 Å². The van der Waals surface area contributed by atoms with Crippen molar-refractivity contribution in [3.63, 3.8) is 0 Å². The standard InChI is InChI=1S/C6H11NS/c1-2-6-7-4-3-5-8-6/h2,7H,3-5H2,1H3. The summed E-state index contributed by atoms with van der Waals surface area (Å²) in [6, 6.07) is 0. The van der Waals surface area contributed by atoms with Gasteiger partial charge in [-0.05, 0) is 13.3 Å². The number of thioether (sulfide) groups is 1. The minimum Gasteiger partial charge on any atom is -0.380 e. The van der Waals surface area contributed by atoms with Crippen LogP contribution in [0.1, 0.15) is 13.3 Å². The highest BCUT2D eigenvalue weighted by molar-refractivity contribution is 8.03. The lowest BCUT2D eigenvalue weighted by atomic mass is 10.5. The fourth-order valence-electron chi connectivity index (χ4n) is 0.702. The Morgan fingerprint density at radius 3 is 3.00 bits per heavy atom. The third-order valence-electron chi connectivity index (χ3n) is 1.14. The van der Waals surface area contributed by atoms with Gasteiger partial charge in [-0.25, -0.2) is 0 Å². The van der Waals surface area contributed by atoms with Crippen LogP contribution >= 0.6 is 11.8 Å². The van der Waals surface area contributed by atoms with Gasteiger partial charge >= 0.3 is 0 Å². The summed E-state index contributed by atoms with van der Waals surface area (Å²) in [5.74, 6) is 1.28. The topological polar surface area (TPSA) is 12.0 Å². The largest absolute Gasteiger partial charge is 0.380 e. The molecule has 0 bridgehead atoms. The van der Waals surface area contributed by atoms with E-state index in [0.29, 0.717) is 0 Å². The van der Waals surface area contributed by atoms with Crippen LogP contribution in [-0.4, -0.2) is 12.3 Å². The van der Waals surface area contributed by atoms with Crippen LogP contribution in [0.25, 0.3) is 0 Å². The Morgan fingerprint density at radius 2 is 2.62 bits per heavy atom. The maximum atomic E-state index is 3.29. The summed E-state index contributed by atoms with van der Waals surface area (Å²) in [7, 11) is 0. The molecule has 1 rings (SSSR count). The first kappa shape index (κ1) is 6.02. The van der Waals surface area contributed by atoms with Crippen molar-refractivity contribution in [1.29, 1.82) is 0 Å². The highest BCUT2D eigenvalue weighted by Gasteiger charge is 2.00. The number of hydrogen-bond donors (Lipinski definition) is 1. The minimum absolute atomic E-state index is 1.16. The summed E-state index contributed by atoms with van der Waals surface area (Å²) in [6.45, 7) is 3.23. The SMILES string of the molecule is CC=C1NCCCS1. The van der Waals surface area contributed by atoms with Crippen molar-refractivity contribution in [2.45, 2.75) is 13.3 Å². The van der Waals surface area contributed by atoms with Gasteiger partial charge in [0.25, 0.3) is 0 Å². The number of nitrogens with one attached hydrogen (secondary N) is 1. The van der Waals surface area contributed by atoms with Crippen molar-refractivity contribution in [2.24, 2.45) is 0 Å². The quantitative estimate of drug-likeness (QED) is 0.533. The zero-order valence-corrected chi connectivity index (χ0v) is 5.92. The van der Waals surface area contributed by atoms with Crippen molar-refractivity contribution < 1.29 is 0 Å². The van der Waals surface area contributed by atoms with Gasteiger partial charge in [-0.15, -0.1) is 11.8 Å². The van der Waals surface area contributed by atoms with Crippen LogP contribution < -0.4 is 5.32 Å². The molecule has 1 aliphatic rings. The van der Waals surface area contributed by atoms with E-state index in [-0.39, 0.29) is 0 Å². The van der Waals surface area contributed by atoms with E-state index in [9.17, 15) is 0 Å². The van der Waals surface area contributed by atoms with Gasteiger partial charge < -0.3 is 5.32 Å². The van der Waals surface area contributed by atoms with Crippen LogP contribution in [0.5, 0.6) is 0 Å². The molecule has 0 saturated carbocycles. The van der Waals surface area contributed by atoms with Gasteiger partial charge in [-0.3, -0.25) is 0 Å². The fourth-order valence-corrected chi connectivity index (χ4v) is 1.58. The summed E-state index contributed by atoms with van der Waals surface area (Å²) in [4.78, 5) is 0. The van der Waals surface area contributed by atoms with Crippen molar-refractivity contribution in [3.8, 4) is 0 Å². The Hall–Kier alpha value is -0.110. The van der Waals surface area contributed by atoms with E-state index in [2.05, 4.69) is 18.3 Å². The Labute approximate surface area is 54.5 Å². The Kier molecular flexibility index (Phi) is 2.27. The van der Waals surface area contributed by atoms with Crippen LogP contribution in [0.3, 0.4) is 0 Å². The third-order valence-corrected chi connectivity index (χ3v) is 2.32. The minimum atomic E-state index is 1.16. The van der Waals surface area contributed by atoms with Crippen LogP contribution in [-0.2, 0) is 0 Å². The van der Waals surface area contributed by atoms with Gasteiger partial charge in [0.2, 0.25) is 0 Å². The summed E-state index contributed by atoms with van der Waals surface area (Å²) in [6.07, 6.45) is 3.44. The van der Waals surface area contributed by atoms with Crippen LogP contribution in [0.4, 0.5) is 0 Å². The lowest BCUT2D eigenvalue weighted by Gasteiger charge is -2.14. The van der Waals surface area contributed by atoms with Crippen molar-refractivity contribution in [1.82, 2.24) is 5.32 Å². The van der Waals surface area contributed by atoms with Gasteiger partial charge in [-0.2, -0.15) is 0 Å². The van der Waals surface area contributed by atoms with E-state index in [0.717, 1.165) is 6.54 Å². The molecule has 1 fully saturated rings. The van der Waals surface area contributed by atoms with E-state index in [1.54, 1.807) is 0 Å².